The van der Waals surface area contributed by atoms with Crippen molar-refractivity contribution in [1.29, 1.82) is 0 Å². The van der Waals surface area contributed by atoms with E-state index >= 15 is 0 Å². The van der Waals surface area contributed by atoms with Crippen LogP contribution < -0.4 is 21.1 Å². The molecule has 3 amide bonds. The maximum atomic E-state index is 12.6. The van der Waals surface area contributed by atoms with Crippen LogP contribution in [0.2, 0.25) is 5.02 Å². The number of rotatable bonds is 5. The number of hydrogen-bond donors (Lipinski definition) is 3. The molecule has 25 heavy (non-hydrogen) atoms. The summed E-state index contributed by atoms with van der Waals surface area (Å²) in [4.78, 5) is 35.2. The number of benzene rings is 2. The van der Waals surface area contributed by atoms with Gasteiger partial charge in [-0.3, -0.25) is 14.4 Å². The van der Waals surface area contributed by atoms with Gasteiger partial charge < -0.3 is 21.1 Å². The smallest absolute Gasteiger partial charge is 0.259 e. The van der Waals surface area contributed by atoms with Gasteiger partial charge in [0.15, 0.2) is 0 Å². The summed E-state index contributed by atoms with van der Waals surface area (Å²) in [7, 11) is 1.38. The third kappa shape index (κ3) is 4.27. The molecule has 0 bridgehead atoms. The van der Waals surface area contributed by atoms with Crippen molar-refractivity contribution in [3.05, 3.63) is 52.5 Å². The maximum absolute atomic E-state index is 12.6. The van der Waals surface area contributed by atoms with Gasteiger partial charge in [-0.25, -0.2) is 0 Å². The van der Waals surface area contributed by atoms with Crippen molar-refractivity contribution < 1.29 is 19.1 Å². The molecule has 4 N–H and O–H groups in total. The first-order valence-electron chi connectivity index (χ1n) is 7.18. The van der Waals surface area contributed by atoms with E-state index in [0.717, 1.165) is 0 Å². The summed E-state index contributed by atoms with van der Waals surface area (Å²) in [5.74, 6) is -1.30. The summed E-state index contributed by atoms with van der Waals surface area (Å²) in [5.41, 5.74) is 6.20. The minimum absolute atomic E-state index is 0.140. The number of primary amides is 1. The highest BCUT2D eigenvalue weighted by atomic mass is 35.5. The lowest BCUT2D eigenvalue weighted by atomic mass is 10.1. The van der Waals surface area contributed by atoms with Gasteiger partial charge >= 0.3 is 0 Å². The molecule has 2 rings (SSSR count). The number of ether oxygens (including phenoxy) is 1. The normalized spacial score (nSPS) is 10.0. The number of amides is 3. The largest absolute Gasteiger partial charge is 0.496 e. The zero-order chi connectivity index (χ0) is 18.6. The first kappa shape index (κ1) is 18.3. The van der Waals surface area contributed by atoms with Gasteiger partial charge in [0, 0.05) is 13.0 Å². The molecule has 7 nitrogen and oxygen atoms in total. The third-order valence-corrected chi connectivity index (χ3v) is 3.60. The molecular formula is C17H16ClN3O4. The van der Waals surface area contributed by atoms with E-state index in [4.69, 9.17) is 22.1 Å². The van der Waals surface area contributed by atoms with Crippen LogP contribution in [0.25, 0.3) is 0 Å². The van der Waals surface area contributed by atoms with E-state index in [9.17, 15) is 14.4 Å². The van der Waals surface area contributed by atoms with Crippen LogP contribution in [0, 0.1) is 0 Å². The summed E-state index contributed by atoms with van der Waals surface area (Å²) in [6.07, 6.45) is 0. The zero-order valence-corrected chi connectivity index (χ0v) is 14.3. The lowest BCUT2D eigenvalue weighted by Gasteiger charge is -2.14. The van der Waals surface area contributed by atoms with Crippen molar-refractivity contribution in [2.75, 3.05) is 17.7 Å². The Balaban J connectivity index is 2.38. The summed E-state index contributed by atoms with van der Waals surface area (Å²) in [6.45, 7) is 1.34. The number of halogens is 1. The lowest BCUT2D eigenvalue weighted by Crippen LogP contribution is -2.19. The second kappa shape index (κ2) is 7.67. The van der Waals surface area contributed by atoms with E-state index in [1.54, 1.807) is 18.2 Å². The minimum atomic E-state index is -0.665. The molecule has 0 aliphatic rings. The third-order valence-electron chi connectivity index (χ3n) is 3.29. The molecule has 0 aromatic heterocycles. The lowest BCUT2D eigenvalue weighted by molar-refractivity contribution is -0.114. The average molecular weight is 362 g/mol. The van der Waals surface area contributed by atoms with Gasteiger partial charge in [0.05, 0.1) is 34.6 Å². The Labute approximate surface area is 149 Å². The monoisotopic (exact) mass is 361 g/mol. The standard InChI is InChI=1S/C17H16ClN3O4/c1-9(22)20-14-8-15(25-2)11(7-12(14)18)17(24)21-13-6-4-3-5-10(13)16(19)23/h3-8H,1-2H3,(H2,19,23)(H,20,22)(H,21,24). The molecule has 130 valence electrons. The van der Waals surface area contributed by atoms with Crippen LogP contribution in [0.5, 0.6) is 5.75 Å². The molecule has 0 saturated heterocycles. The first-order valence-corrected chi connectivity index (χ1v) is 7.56. The van der Waals surface area contributed by atoms with E-state index in [0.29, 0.717) is 5.69 Å². The van der Waals surface area contributed by atoms with Crippen LogP contribution in [0.4, 0.5) is 11.4 Å². The molecule has 0 atom stereocenters. The molecule has 2 aromatic rings. The first-order chi connectivity index (χ1) is 11.8. The van der Waals surface area contributed by atoms with Gasteiger partial charge in [-0.05, 0) is 18.2 Å². The SMILES string of the molecule is COc1cc(NC(C)=O)c(Cl)cc1C(=O)Nc1ccccc1C(N)=O. The number of carbonyl (C=O) groups excluding carboxylic acids is 3. The van der Waals surface area contributed by atoms with Crippen molar-refractivity contribution in [2.45, 2.75) is 6.92 Å². The van der Waals surface area contributed by atoms with Crippen LogP contribution in [-0.4, -0.2) is 24.8 Å². The zero-order valence-electron chi connectivity index (χ0n) is 13.6. The molecule has 0 spiro atoms. The van der Waals surface area contributed by atoms with Crippen molar-refractivity contribution in [2.24, 2.45) is 5.73 Å². The summed E-state index contributed by atoms with van der Waals surface area (Å²) in [6, 6.07) is 9.16. The fraction of sp³-hybridized carbons (Fsp3) is 0.118. The molecule has 0 aliphatic carbocycles. The Hall–Kier alpha value is -3.06. The fourth-order valence-electron chi connectivity index (χ4n) is 2.18. The van der Waals surface area contributed by atoms with Gasteiger partial charge in [0.2, 0.25) is 5.91 Å². The highest BCUT2D eigenvalue weighted by Crippen LogP contribution is 2.31. The van der Waals surface area contributed by atoms with Crippen LogP contribution in [0.15, 0.2) is 36.4 Å². The second-order valence-corrected chi connectivity index (χ2v) is 5.48. The average Bonchev–Trinajstić information content (AvgIpc) is 2.56. The van der Waals surface area contributed by atoms with Gasteiger partial charge in [-0.15, -0.1) is 0 Å². The Morgan fingerprint density at radius 2 is 1.72 bits per heavy atom. The van der Waals surface area contributed by atoms with Crippen molar-refractivity contribution >= 4 is 40.7 Å². The molecule has 0 radical (unpaired) electrons. The Kier molecular flexibility index (Phi) is 5.61. The summed E-state index contributed by atoms with van der Waals surface area (Å²) < 4.78 is 5.20. The molecule has 0 saturated carbocycles. The predicted molar refractivity (Wildman–Crippen MR) is 95.2 cm³/mol. The van der Waals surface area contributed by atoms with Crippen LogP contribution in [-0.2, 0) is 4.79 Å². The summed E-state index contributed by atoms with van der Waals surface area (Å²) in [5, 5.41) is 5.32. The van der Waals surface area contributed by atoms with E-state index in [1.165, 1.54) is 32.2 Å². The molecule has 2 aromatic carbocycles. The van der Waals surface area contributed by atoms with E-state index in [-0.39, 0.29) is 33.5 Å². The van der Waals surface area contributed by atoms with E-state index in [1.807, 2.05) is 0 Å². The van der Waals surface area contributed by atoms with Gasteiger partial charge in [0.25, 0.3) is 11.8 Å². The summed E-state index contributed by atoms with van der Waals surface area (Å²) >= 11 is 6.11. The van der Waals surface area contributed by atoms with Crippen LogP contribution in [0.3, 0.4) is 0 Å². The maximum Gasteiger partial charge on any atom is 0.259 e. The number of nitrogens with two attached hydrogens (primary N) is 1. The quantitative estimate of drug-likeness (QED) is 0.760. The van der Waals surface area contributed by atoms with Gasteiger partial charge in [-0.2, -0.15) is 0 Å². The molecule has 8 heteroatoms. The molecule has 0 fully saturated rings. The minimum Gasteiger partial charge on any atom is -0.496 e. The van der Waals surface area contributed by atoms with Crippen molar-refractivity contribution in [3.63, 3.8) is 0 Å². The number of hydrogen-bond acceptors (Lipinski definition) is 4. The highest BCUT2D eigenvalue weighted by molar-refractivity contribution is 6.34. The number of para-hydroxylation sites is 1. The topological polar surface area (TPSA) is 111 Å². The molecule has 0 unspecified atom stereocenters. The van der Waals surface area contributed by atoms with Crippen LogP contribution >= 0.6 is 11.6 Å². The number of methoxy groups -OCH3 is 1. The van der Waals surface area contributed by atoms with Crippen molar-refractivity contribution in [3.8, 4) is 5.75 Å². The van der Waals surface area contributed by atoms with Crippen LogP contribution in [0.1, 0.15) is 27.6 Å². The Morgan fingerprint density at radius 1 is 1.04 bits per heavy atom. The number of nitrogens with one attached hydrogen (secondary N) is 2. The Morgan fingerprint density at radius 3 is 2.32 bits per heavy atom. The predicted octanol–water partition coefficient (Wildman–Crippen LogP) is 2.66. The van der Waals surface area contributed by atoms with Gasteiger partial charge in [-0.1, -0.05) is 23.7 Å². The van der Waals surface area contributed by atoms with E-state index < -0.39 is 11.8 Å². The second-order valence-electron chi connectivity index (χ2n) is 5.08. The Bertz CT molecular complexity index is 852. The number of anilines is 2. The molecule has 0 aliphatic heterocycles. The highest BCUT2D eigenvalue weighted by Gasteiger charge is 2.18. The number of carbonyl (C=O) groups is 3. The van der Waals surface area contributed by atoms with Crippen molar-refractivity contribution in [1.82, 2.24) is 0 Å². The molecule has 0 heterocycles. The fourth-order valence-corrected chi connectivity index (χ4v) is 2.39. The molecular weight excluding hydrogens is 346 g/mol. The van der Waals surface area contributed by atoms with Gasteiger partial charge in [0.1, 0.15) is 5.75 Å². The van der Waals surface area contributed by atoms with E-state index in [2.05, 4.69) is 10.6 Å².